The molecule has 0 saturated carbocycles. The van der Waals surface area contributed by atoms with Gasteiger partial charge in [0.1, 0.15) is 5.75 Å². The summed E-state index contributed by atoms with van der Waals surface area (Å²) in [6, 6.07) is 16.2. The van der Waals surface area contributed by atoms with Gasteiger partial charge in [0.05, 0.1) is 12.6 Å². The Balaban J connectivity index is 1.88. The van der Waals surface area contributed by atoms with E-state index in [9.17, 15) is 4.79 Å². The maximum absolute atomic E-state index is 12.3. The highest BCUT2D eigenvalue weighted by molar-refractivity contribution is 5.77. The van der Waals surface area contributed by atoms with Crippen LogP contribution in [0.2, 0.25) is 0 Å². The molecule has 1 amide bonds. The van der Waals surface area contributed by atoms with E-state index in [1.807, 2.05) is 31.3 Å². The molecule has 2 aromatic rings. The van der Waals surface area contributed by atoms with Crippen LogP contribution in [0.25, 0.3) is 0 Å². The number of nitrogens with one attached hydrogen (secondary N) is 2. The van der Waals surface area contributed by atoms with Crippen LogP contribution in [0.4, 0.5) is 0 Å². The molecule has 0 aliphatic carbocycles. The molecule has 1 unspecified atom stereocenters. The monoisotopic (exact) mass is 324 g/mol. The van der Waals surface area contributed by atoms with Crippen LogP contribution in [0.15, 0.2) is 48.5 Å². The third kappa shape index (κ3) is 3.95. The van der Waals surface area contributed by atoms with Crippen LogP contribution >= 0.6 is 0 Å². The van der Waals surface area contributed by atoms with Gasteiger partial charge < -0.3 is 15.4 Å². The Morgan fingerprint density at radius 2 is 2.00 bits per heavy atom. The van der Waals surface area contributed by atoms with Crippen LogP contribution in [-0.2, 0) is 11.2 Å². The summed E-state index contributed by atoms with van der Waals surface area (Å²) in [5, 5.41) is 6.19. The van der Waals surface area contributed by atoms with Gasteiger partial charge in [-0.1, -0.05) is 36.4 Å². The molecule has 0 spiro atoms. The first-order valence-corrected chi connectivity index (χ1v) is 8.52. The molecule has 24 heavy (non-hydrogen) atoms. The summed E-state index contributed by atoms with van der Waals surface area (Å²) in [6.07, 6.45) is 2.53. The fraction of sp³-hybridized carbons (Fsp3) is 0.350. The van der Waals surface area contributed by atoms with Crippen molar-refractivity contribution >= 4 is 5.91 Å². The van der Waals surface area contributed by atoms with E-state index < -0.39 is 0 Å². The summed E-state index contributed by atoms with van der Waals surface area (Å²) >= 11 is 0. The van der Waals surface area contributed by atoms with Crippen molar-refractivity contribution in [3.05, 3.63) is 65.2 Å². The molecule has 4 heteroatoms. The number of carbonyl (C=O) groups excluding carboxylic acids is 1. The number of aryl methyl sites for hydroxylation is 1. The molecule has 4 nitrogen and oxygen atoms in total. The molecular weight excluding hydrogens is 300 g/mol. The van der Waals surface area contributed by atoms with E-state index >= 15 is 0 Å². The molecule has 0 bridgehead atoms. The molecule has 126 valence electrons. The Morgan fingerprint density at radius 1 is 1.17 bits per heavy atom. The maximum atomic E-state index is 12.3. The molecule has 0 saturated heterocycles. The van der Waals surface area contributed by atoms with Gasteiger partial charge in [0.2, 0.25) is 5.91 Å². The maximum Gasteiger partial charge on any atom is 0.222 e. The minimum atomic E-state index is -0.136. The second-order valence-electron chi connectivity index (χ2n) is 6.08. The van der Waals surface area contributed by atoms with Gasteiger partial charge in [-0.25, -0.2) is 0 Å². The number of hydrogen-bond donors (Lipinski definition) is 2. The Labute approximate surface area is 143 Å². The molecule has 1 aliphatic rings. The van der Waals surface area contributed by atoms with Crippen molar-refractivity contribution in [2.24, 2.45) is 0 Å². The summed E-state index contributed by atoms with van der Waals surface area (Å²) in [5.74, 6) is 1.02. The zero-order valence-corrected chi connectivity index (χ0v) is 14.0. The van der Waals surface area contributed by atoms with Crippen LogP contribution in [0.3, 0.4) is 0 Å². The van der Waals surface area contributed by atoms with E-state index in [1.54, 1.807) is 0 Å². The Kier molecular flexibility index (Phi) is 5.49. The first kappa shape index (κ1) is 16.5. The molecule has 0 aromatic heterocycles. The van der Waals surface area contributed by atoms with Crippen molar-refractivity contribution < 1.29 is 9.53 Å². The average molecular weight is 324 g/mol. The van der Waals surface area contributed by atoms with Gasteiger partial charge in [-0.3, -0.25) is 4.79 Å². The highest BCUT2D eigenvalue weighted by Crippen LogP contribution is 2.30. The van der Waals surface area contributed by atoms with E-state index in [1.165, 1.54) is 5.56 Å². The van der Waals surface area contributed by atoms with E-state index in [-0.39, 0.29) is 11.9 Å². The number of carbonyl (C=O) groups is 1. The Hall–Kier alpha value is -2.33. The van der Waals surface area contributed by atoms with Crippen LogP contribution in [0, 0.1) is 0 Å². The predicted octanol–water partition coefficient (Wildman–Crippen LogP) is 2.83. The first-order chi connectivity index (χ1) is 11.8. The van der Waals surface area contributed by atoms with Crippen molar-refractivity contribution in [2.45, 2.75) is 25.3 Å². The molecule has 1 atom stereocenters. The second kappa shape index (κ2) is 7.97. The molecule has 2 N–H and O–H groups in total. The zero-order chi connectivity index (χ0) is 16.8. The van der Waals surface area contributed by atoms with Crippen LogP contribution in [-0.4, -0.2) is 26.1 Å². The number of fused-ring (bicyclic) bond motifs is 1. The smallest absolute Gasteiger partial charge is 0.222 e. The summed E-state index contributed by atoms with van der Waals surface area (Å²) in [6.45, 7) is 1.46. The predicted molar refractivity (Wildman–Crippen MR) is 95.2 cm³/mol. The number of amides is 1. The van der Waals surface area contributed by atoms with Gasteiger partial charge in [0.25, 0.3) is 0 Å². The molecule has 1 aliphatic heterocycles. The molecule has 1 heterocycles. The van der Waals surface area contributed by atoms with Crippen LogP contribution in [0.5, 0.6) is 5.75 Å². The average Bonchev–Trinajstić information content (AvgIpc) is 2.64. The van der Waals surface area contributed by atoms with Gasteiger partial charge in [0.15, 0.2) is 0 Å². The fourth-order valence-electron chi connectivity index (χ4n) is 3.04. The van der Waals surface area contributed by atoms with E-state index in [4.69, 9.17) is 4.74 Å². The summed E-state index contributed by atoms with van der Waals surface area (Å²) in [7, 11) is 1.85. The standard InChI is InChI=1S/C20H24N2O2/c1-21-12-11-19(23)22-20(15-6-3-2-4-7-15)17-9-10-18-16(14-17)8-5-13-24-18/h2-4,6-7,9-10,14,20-21H,5,8,11-13H2,1H3,(H,22,23). The Morgan fingerprint density at radius 3 is 2.79 bits per heavy atom. The van der Waals surface area contributed by atoms with Crippen molar-refractivity contribution in [1.29, 1.82) is 0 Å². The SMILES string of the molecule is CNCCC(=O)NC(c1ccccc1)c1ccc2c(c1)CCCO2. The highest BCUT2D eigenvalue weighted by atomic mass is 16.5. The van der Waals surface area contributed by atoms with E-state index in [0.717, 1.165) is 36.3 Å². The number of benzene rings is 2. The molecule has 2 aromatic carbocycles. The quantitative estimate of drug-likeness (QED) is 0.859. The van der Waals surface area contributed by atoms with Crippen molar-refractivity contribution in [3.63, 3.8) is 0 Å². The summed E-state index contributed by atoms with van der Waals surface area (Å²) in [5.41, 5.74) is 3.42. The van der Waals surface area contributed by atoms with Crippen molar-refractivity contribution in [3.8, 4) is 5.75 Å². The van der Waals surface area contributed by atoms with E-state index in [0.29, 0.717) is 13.0 Å². The highest BCUT2D eigenvalue weighted by Gasteiger charge is 2.19. The molecule has 0 radical (unpaired) electrons. The second-order valence-corrected chi connectivity index (χ2v) is 6.08. The number of hydrogen-bond acceptors (Lipinski definition) is 3. The minimum absolute atomic E-state index is 0.0483. The van der Waals surface area contributed by atoms with Crippen molar-refractivity contribution in [1.82, 2.24) is 10.6 Å². The van der Waals surface area contributed by atoms with Gasteiger partial charge >= 0.3 is 0 Å². The summed E-state index contributed by atoms with van der Waals surface area (Å²) in [4.78, 5) is 12.3. The van der Waals surface area contributed by atoms with E-state index in [2.05, 4.69) is 34.9 Å². The van der Waals surface area contributed by atoms with Gasteiger partial charge in [0, 0.05) is 13.0 Å². The van der Waals surface area contributed by atoms with Crippen LogP contribution < -0.4 is 15.4 Å². The normalized spacial score (nSPS) is 14.4. The summed E-state index contributed by atoms with van der Waals surface area (Å²) < 4.78 is 5.70. The van der Waals surface area contributed by atoms with Gasteiger partial charge in [-0.2, -0.15) is 0 Å². The lowest BCUT2D eigenvalue weighted by Crippen LogP contribution is -2.31. The Bertz CT molecular complexity index is 685. The topological polar surface area (TPSA) is 50.4 Å². The fourth-order valence-corrected chi connectivity index (χ4v) is 3.04. The van der Waals surface area contributed by atoms with Gasteiger partial charge in [-0.05, 0) is 48.7 Å². The third-order valence-corrected chi connectivity index (χ3v) is 4.31. The molecule has 3 rings (SSSR count). The number of rotatable bonds is 6. The minimum Gasteiger partial charge on any atom is -0.493 e. The number of ether oxygens (including phenoxy) is 1. The lowest BCUT2D eigenvalue weighted by atomic mass is 9.94. The largest absolute Gasteiger partial charge is 0.493 e. The van der Waals surface area contributed by atoms with Gasteiger partial charge in [-0.15, -0.1) is 0 Å². The van der Waals surface area contributed by atoms with Crippen molar-refractivity contribution in [2.75, 3.05) is 20.2 Å². The molecular formula is C20H24N2O2. The van der Waals surface area contributed by atoms with Crippen LogP contribution in [0.1, 0.15) is 35.6 Å². The third-order valence-electron chi connectivity index (χ3n) is 4.31. The zero-order valence-electron chi connectivity index (χ0n) is 14.0. The molecule has 0 fully saturated rings. The first-order valence-electron chi connectivity index (χ1n) is 8.52. The lowest BCUT2D eigenvalue weighted by molar-refractivity contribution is -0.121. The lowest BCUT2D eigenvalue weighted by Gasteiger charge is -2.23.